The van der Waals surface area contributed by atoms with Crippen molar-refractivity contribution in [3.63, 3.8) is 0 Å². The zero-order valence-corrected chi connectivity index (χ0v) is 10.8. The van der Waals surface area contributed by atoms with Crippen molar-refractivity contribution in [1.82, 2.24) is 5.32 Å². The first-order valence-corrected chi connectivity index (χ1v) is 6.01. The maximum Gasteiger partial charge on any atom is 0.223 e. The van der Waals surface area contributed by atoms with Gasteiger partial charge in [0.05, 0.1) is 6.61 Å². The lowest BCUT2D eigenvalue weighted by molar-refractivity contribution is -0.124. The van der Waals surface area contributed by atoms with Gasteiger partial charge in [-0.15, -0.1) is 0 Å². The third-order valence-corrected chi connectivity index (χ3v) is 2.83. The molecule has 0 radical (unpaired) electrons. The van der Waals surface area contributed by atoms with E-state index in [1.807, 2.05) is 32.0 Å². The summed E-state index contributed by atoms with van der Waals surface area (Å²) in [7, 11) is 1.68. The monoisotopic (exact) mass is 235 g/mol. The summed E-state index contributed by atoms with van der Waals surface area (Å²) in [6.45, 7) is 5.15. The summed E-state index contributed by atoms with van der Waals surface area (Å²) >= 11 is 0. The second-order valence-corrected chi connectivity index (χ2v) is 4.28. The van der Waals surface area contributed by atoms with E-state index in [4.69, 9.17) is 4.74 Å². The largest absolute Gasteiger partial charge is 0.380 e. The fourth-order valence-corrected chi connectivity index (χ4v) is 1.54. The lowest BCUT2D eigenvalue weighted by Gasteiger charge is -2.10. The standard InChI is InChI=1S/C14H21NO2/c1-4-11(2)14(16)15-9-12-6-5-7-13(8-12)10-17-3/h5-8,11H,4,9-10H2,1-3H3,(H,15,16)/t11-/m0/s1. The molecule has 94 valence electrons. The number of methoxy groups -OCH3 is 1. The van der Waals surface area contributed by atoms with Gasteiger partial charge in [-0.2, -0.15) is 0 Å². The van der Waals surface area contributed by atoms with Gasteiger partial charge < -0.3 is 10.1 Å². The van der Waals surface area contributed by atoms with Crippen LogP contribution in [0.3, 0.4) is 0 Å². The molecule has 0 aromatic heterocycles. The molecule has 1 amide bonds. The zero-order chi connectivity index (χ0) is 12.7. The van der Waals surface area contributed by atoms with Crippen molar-refractivity contribution in [1.29, 1.82) is 0 Å². The van der Waals surface area contributed by atoms with Crippen LogP contribution in [-0.2, 0) is 22.7 Å². The number of carbonyl (C=O) groups excluding carboxylic acids is 1. The first-order chi connectivity index (χ1) is 8.17. The molecule has 0 aliphatic heterocycles. The molecule has 1 aromatic rings. The first-order valence-electron chi connectivity index (χ1n) is 6.01. The molecule has 1 aromatic carbocycles. The van der Waals surface area contributed by atoms with Gasteiger partial charge in [-0.25, -0.2) is 0 Å². The highest BCUT2D eigenvalue weighted by molar-refractivity contribution is 5.78. The van der Waals surface area contributed by atoms with Gasteiger partial charge in [0.1, 0.15) is 0 Å². The molecular formula is C14H21NO2. The third kappa shape index (κ3) is 4.57. The molecule has 0 aliphatic rings. The van der Waals surface area contributed by atoms with E-state index in [0.29, 0.717) is 13.2 Å². The third-order valence-electron chi connectivity index (χ3n) is 2.83. The van der Waals surface area contributed by atoms with E-state index in [9.17, 15) is 4.79 Å². The number of carbonyl (C=O) groups is 1. The van der Waals surface area contributed by atoms with Crippen molar-refractivity contribution >= 4 is 5.91 Å². The Bertz CT molecular complexity index is 363. The number of rotatable bonds is 6. The van der Waals surface area contributed by atoms with Crippen LogP contribution in [-0.4, -0.2) is 13.0 Å². The number of nitrogens with one attached hydrogen (secondary N) is 1. The Morgan fingerprint density at radius 1 is 1.41 bits per heavy atom. The SMILES string of the molecule is CC[C@H](C)C(=O)NCc1cccc(COC)c1. The van der Waals surface area contributed by atoms with Gasteiger partial charge in [-0.3, -0.25) is 4.79 Å². The Balaban J connectivity index is 2.51. The van der Waals surface area contributed by atoms with E-state index in [2.05, 4.69) is 11.4 Å². The highest BCUT2D eigenvalue weighted by Gasteiger charge is 2.09. The molecule has 0 spiro atoms. The van der Waals surface area contributed by atoms with Gasteiger partial charge in [-0.1, -0.05) is 38.1 Å². The second-order valence-electron chi connectivity index (χ2n) is 4.28. The fraction of sp³-hybridized carbons (Fsp3) is 0.500. The number of hydrogen-bond donors (Lipinski definition) is 1. The van der Waals surface area contributed by atoms with Crippen LogP contribution >= 0.6 is 0 Å². The number of ether oxygens (including phenoxy) is 1. The van der Waals surface area contributed by atoms with Gasteiger partial charge in [-0.05, 0) is 17.5 Å². The summed E-state index contributed by atoms with van der Waals surface area (Å²) in [6.07, 6.45) is 0.871. The smallest absolute Gasteiger partial charge is 0.223 e. The van der Waals surface area contributed by atoms with Crippen LogP contribution in [0.4, 0.5) is 0 Å². The Morgan fingerprint density at radius 3 is 2.76 bits per heavy atom. The zero-order valence-electron chi connectivity index (χ0n) is 10.8. The van der Waals surface area contributed by atoms with Crippen molar-refractivity contribution in [2.24, 2.45) is 5.92 Å². The maximum absolute atomic E-state index is 11.6. The maximum atomic E-state index is 11.6. The van der Waals surface area contributed by atoms with Crippen molar-refractivity contribution in [3.05, 3.63) is 35.4 Å². The van der Waals surface area contributed by atoms with Crippen LogP contribution in [0.15, 0.2) is 24.3 Å². The van der Waals surface area contributed by atoms with Crippen molar-refractivity contribution < 1.29 is 9.53 Å². The molecule has 3 nitrogen and oxygen atoms in total. The quantitative estimate of drug-likeness (QED) is 0.822. The first kappa shape index (κ1) is 13.7. The lowest BCUT2D eigenvalue weighted by atomic mass is 10.1. The Labute approximate surface area is 103 Å². The van der Waals surface area contributed by atoms with Gasteiger partial charge in [0.25, 0.3) is 0 Å². The van der Waals surface area contributed by atoms with E-state index < -0.39 is 0 Å². The molecular weight excluding hydrogens is 214 g/mol. The van der Waals surface area contributed by atoms with Crippen LogP contribution in [0.2, 0.25) is 0 Å². The minimum atomic E-state index is 0.0807. The van der Waals surface area contributed by atoms with Crippen LogP contribution in [0.1, 0.15) is 31.4 Å². The van der Waals surface area contributed by atoms with Crippen molar-refractivity contribution in [3.8, 4) is 0 Å². The van der Waals surface area contributed by atoms with Crippen LogP contribution in [0.5, 0.6) is 0 Å². The summed E-state index contributed by atoms with van der Waals surface area (Å²) in [6, 6.07) is 8.07. The molecule has 0 fully saturated rings. The molecule has 0 saturated heterocycles. The molecule has 0 heterocycles. The molecule has 0 unspecified atom stereocenters. The van der Waals surface area contributed by atoms with Crippen molar-refractivity contribution in [2.45, 2.75) is 33.4 Å². The van der Waals surface area contributed by atoms with E-state index in [1.165, 1.54) is 0 Å². The molecule has 3 heteroatoms. The van der Waals surface area contributed by atoms with Gasteiger partial charge in [0.15, 0.2) is 0 Å². The normalized spacial score (nSPS) is 12.2. The Morgan fingerprint density at radius 2 is 2.12 bits per heavy atom. The summed E-state index contributed by atoms with van der Waals surface area (Å²) in [5, 5.41) is 2.94. The highest BCUT2D eigenvalue weighted by Crippen LogP contribution is 2.07. The molecule has 17 heavy (non-hydrogen) atoms. The highest BCUT2D eigenvalue weighted by atomic mass is 16.5. The summed E-state index contributed by atoms with van der Waals surface area (Å²) in [5.74, 6) is 0.196. The molecule has 1 N–H and O–H groups in total. The molecule has 1 atom stereocenters. The van der Waals surface area contributed by atoms with E-state index >= 15 is 0 Å². The number of benzene rings is 1. The van der Waals surface area contributed by atoms with Crippen LogP contribution in [0.25, 0.3) is 0 Å². The molecule has 0 saturated carbocycles. The average molecular weight is 235 g/mol. The molecule has 1 rings (SSSR count). The number of amides is 1. The van der Waals surface area contributed by atoms with Gasteiger partial charge >= 0.3 is 0 Å². The fourth-order valence-electron chi connectivity index (χ4n) is 1.54. The molecule has 0 aliphatic carbocycles. The minimum absolute atomic E-state index is 0.0807. The van der Waals surface area contributed by atoms with Crippen LogP contribution < -0.4 is 5.32 Å². The topological polar surface area (TPSA) is 38.3 Å². The van der Waals surface area contributed by atoms with E-state index in [0.717, 1.165) is 17.5 Å². The van der Waals surface area contributed by atoms with Gasteiger partial charge in [0.2, 0.25) is 5.91 Å². The minimum Gasteiger partial charge on any atom is -0.380 e. The predicted molar refractivity (Wildman–Crippen MR) is 68.5 cm³/mol. The Hall–Kier alpha value is -1.35. The van der Waals surface area contributed by atoms with E-state index in [1.54, 1.807) is 7.11 Å². The van der Waals surface area contributed by atoms with Gasteiger partial charge in [0, 0.05) is 19.6 Å². The number of hydrogen-bond acceptors (Lipinski definition) is 2. The Kier molecular flexibility index (Phi) is 5.70. The second kappa shape index (κ2) is 7.07. The summed E-state index contributed by atoms with van der Waals surface area (Å²) in [4.78, 5) is 11.6. The van der Waals surface area contributed by atoms with E-state index in [-0.39, 0.29) is 11.8 Å². The summed E-state index contributed by atoms with van der Waals surface area (Å²) < 4.78 is 5.08. The summed E-state index contributed by atoms with van der Waals surface area (Å²) in [5.41, 5.74) is 2.24. The predicted octanol–water partition coefficient (Wildman–Crippen LogP) is 2.50. The van der Waals surface area contributed by atoms with Crippen molar-refractivity contribution in [2.75, 3.05) is 7.11 Å². The molecule has 0 bridgehead atoms. The average Bonchev–Trinajstić information content (AvgIpc) is 2.36. The lowest BCUT2D eigenvalue weighted by Crippen LogP contribution is -2.28. The van der Waals surface area contributed by atoms with Crippen LogP contribution in [0, 0.1) is 5.92 Å².